The lowest BCUT2D eigenvalue weighted by molar-refractivity contribution is 0.139. The average Bonchev–Trinajstić information content (AvgIpc) is 2.33. The number of benzene rings is 1. The first-order valence-corrected chi connectivity index (χ1v) is 7.21. The summed E-state index contributed by atoms with van der Waals surface area (Å²) in [5.41, 5.74) is 2.78. The molecule has 1 aliphatic heterocycles. The van der Waals surface area contributed by atoms with Crippen LogP contribution in [0.1, 0.15) is 19.4 Å². The van der Waals surface area contributed by atoms with Gasteiger partial charge in [0.15, 0.2) is 0 Å². The summed E-state index contributed by atoms with van der Waals surface area (Å²) in [5.74, 6) is 0. The van der Waals surface area contributed by atoms with E-state index in [1.165, 1.54) is 11.3 Å². The van der Waals surface area contributed by atoms with Crippen molar-refractivity contribution in [3.63, 3.8) is 0 Å². The number of likely N-dealkylation sites (N-methyl/N-ethyl adjacent to an activating group) is 1. The van der Waals surface area contributed by atoms with Crippen LogP contribution < -0.4 is 10.2 Å². The van der Waals surface area contributed by atoms with E-state index in [0.29, 0.717) is 0 Å². The number of anilines is 1. The maximum absolute atomic E-state index is 6.12. The van der Waals surface area contributed by atoms with Crippen molar-refractivity contribution >= 4 is 17.3 Å². The molecule has 19 heavy (non-hydrogen) atoms. The molecule has 106 valence electrons. The van der Waals surface area contributed by atoms with Gasteiger partial charge in [-0.1, -0.05) is 11.6 Å². The molecule has 2 rings (SSSR count). The van der Waals surface area contributed by atoms with E-state index in [-0.39, 0.29) is 5.54 Å². The summed E-state index contributed by atoms with van der Waals surface area (Å²) in [6, 6.07) is 6.20. The first-order chi connectivity index (χ1) is 8.94. The third-order valence-corrected chi connectivity index (χ3v) is 4.30. The van der Waals surface area contributed by atoms with E-state index in [0.717, 1.165) is 31.2 Å². The molecule has 0 aromatic heterocycles. The summed E-state index contributed by atoms with van der Waals surface area (Å²) < 4.78 is 0. The molecule has 0 aliphatic carbocycles. The monoisotopic (exact) mass is 281 g/mol. The minimum atomic E-state index is 0.203. The summed E-state index contributed by atoms with van der Waals surface area (Å²) in [7, 11) is 4.17. The van der Waals surface area contributed by atoms with Crippen LogP contribution in [0, 0.1) is 0 Å². The summed E-state index contributed by atoms with van der Waals surface area (Å²) >= 11 is 6.12. The zero-order valence-electron chi connectivity index (χ0n) is 12.3. The zero-order valence-corrected chi connectivity index (χ0v) is 13.1. The van der Waals surface area contributed by atoms with Crippen LogP contribution in [-0.4, -0.2) is 44.2 Å². The Morgan fingerprint density at radius 2 is 2.05 bits per heavy atom. The third kappa shape index (κ3) is 3.22. The predicted molar refractivity (Wildman–Crippen MR) is 83.1 cm³/mol. The molecule has 1 aromatic rings. The first-order valence-electron chi connectivity index (χ1n) is 6.83. The van der Waals surface area contributed by atoms with Gasteiger partial charge in [0, 0.05) is 42.4 Å². The Hall–Kier alpha value is -0.770. The molecule has 0 saturated carbocycles. The highest BCUT2D eigenvalue weighted by Crippen LogP contribution is 2.29. The Kier molecular flexibility index (Phi) is 4.39. The lowest BCUT2D eigenvalue weighted by Gasteiger charge is -2.46. The summed E-state index contributed by atoms with van der Waals surface area (Å²) in [4.78, 5) is 4.90. The van der Waals surface area contributed by atoms with Crippen molar-refractivity contribution in [2.45, 2.75) is 25.9 Å². The lowest BCUT2D eigenvalue weighted by atomic mass is 9.98. The standard InChI is InChI=1S/C15H24ClN3/c1-15(2)11-19(8-7-18(15)4)14-6-5-13(16)9-12(14)10-17-3/h5-6,9,17H,7-8,10-11H2,1-4H3. The van der Waals surface area contributed by atoms with Gasteiger partial charge in [-0.15, -0.1) is 0 Å². The first kappa shape index (κ1) is 14.6. The van der Waals surface area contributed by atoms with Gasteiger partial charge >= 0.3 is 0 Å². The van der Waals surface area contributed by atoms with Crippen molar-refractivity contribution in [1.82, 2.24) is 10.2 Å². The minimum Gasteiger partial charge on any atom is -0.368 e. The zero-order chi connectivity index (χ0) is 14.0. The van der Waals surface area contributed by atoms with Crippen molar-refractivity contribution in [3.8, 4) is 0 Å². The van der Waals surface area contributed by atoms with Crippen LogP contribution in [0.5, 0.6) is 0 Å². The summed E-state index contributed by atoms with van der Waals surface area (Å²) in [6.07, 6.45) is 0. The number of hydrogen-bond donors (Lipinski definition) is 1. The Morgan fingerprint density at radius 3 is 2.68 bits per heavy atom. The van der Waals surface area contributed by atoms with Crippen LogP contribution in [0.3, 0.4) is 0 Å². The van der Waals surface area contributed by atoms with Crippen molar-refractivity contribution in [3.05, 3.63) is 28.8 Å². The Balaban J connectivity index is 2.26. The molecule has 1 saturated heterocycles. The largest absolute Gasteiger partial charge is 0.368 e. The van der Waals surface area contributed by atoms with Gasteiger partial charge in [-0.05, 0) is 51.7 Å². The van der Waals surface area contributed by atoms with Gasteiger partial charge in [0.25, 0.3) is 0 Å². The van der Waals surface area contributed by atoms with E-state index in [1.807, 2.05) is 13.1 Å². The highest BCUT2D eigenvalue weighted by molar-refractivity contribution is 6.30. The van der Waals surface area contributed by atoms with Crippen LogP contribution in [0.4, 0.5) is 5.69 Å². The van der Waals surface area contributed by atoms with E-state index < -0.39 is 0 Å². The second kappa shape index (κ2) is 5.70. The molecule has 0 unspecified atom stereocenters. The van der Waals surface area contributed by atoms with Gasteiger partial charge in [-0.2, -0.15) is 0 Å². The fraction of sp³-hybridized carbons (Fsp3) is 0.600. The quantitative estimate of drug-likeness (QED) is 0.919. The van der Waals surface area contributed by atoms with Crippen LogP contribution in [0.25, 0.3) is 0 Å². The number of rotatable bonds is 3. The Morgan fingerprint density at radius 1 is 1.32 bits per heavy atom. The van der Waals surface area contributed by atoms with Crippen molar-refractivity contribution in [1.29, 1.82) is 0 Å². The van der Waals surface area contributed by atoms with E-state index in [9.17, 15) is 0 Å². The molecule has 3 nitrogen and oxygen atoms in total. The second-order valence-electron chi connectivity index (χ2n) is 5.96. The number of nitrogens with one attached hydrogen (secondary N) is 1. The fourth-order valence-corrected chi connectivity index (χ4v) is 2.84. The lowest BCUT2D eigenvalue weighted by Crippen LogP contribution is -2.57. The average molecular weight is 282 g/mol. The number of halogens is 1. The summed E-state index contributed by atoms with van der Waals surface area (Å²) in [5, 5.41) is 4.03. The molecule has 4 heteroatoms. The normalized spacial score (nSPS) is 19.7. The highest BCUT2D eigenvalue weighted by atomic mass is 35.5. The molecule has 1 aromatic carbocycles. The number of nitrogens with zero attached hydrogens (tertiary/aromatic N) is 2. The van der Waals surface area contributed by atoms with E-state index in [4.69, 9.17) is 11.6 Å². The van der Waals surface area contributed by atoms with Crippen molar-refractivity contribution < 1.29 is 0 Å². The maximum atomic E-state index is 6.12. The molecular weight excluding hydrogens is 258 g/mol. The minimum absolute atomic E-state index is 0.203. The van der Waals surface area contributed by atoms with Gasteiger partial charge in [0.05, 0.1) is 0 Å². The highest BCUT2D eigenvalue weighted by Gasteiger charge is 2.31. The third-order valence-electron chi connectivity index (χ3n) is 4.07. The number of piperazine rings is 1. The molecule has 1 aliphatic rings. The summed E-state index contributed by atoms with van der Waals surface area (Å²) in [6.45, 7) is 8.65. The van der Waals surface area contributed by atoms with Gasteiger partial charge < -0.3 is 10.2 Å². The SMILES string of the molecule is CNCc1cc(Cl)ccc1N1CCN(C)C(C)(C)C1. The Labute approximate surface area is 121 Å². The second-order valence-corrected chi connectivity index (χ2v) is 6.40. The van der Waals surface area contributed by atoms with Gasteiger partial charge in [-0.3, -0.25) is 4.90 Å². The molecule has 0 amide bonds. The van der Waals surface area contributed by atoms with Crippen LogP contribution in [0.2, 0.25) is 5.02 Å². The smallest absolute Gasteiger partial charge is 0.0413 e. The predicted octanol–water partition coefficient (Wildman–Crippen LogP) is 2.59. The van der Waals surface area contributed by atoms with E-state index in [1.54, 1.807) is 0 Å². The van der Waals surface area contributed by atoms with Crippen LogP contribution >= 0.6 is 11.6 Å². The Bertz CT molecular complexity index is 445. The maximum Gasteiger partial charge on any atom is 0.0413 e. The van der Waals surface area contributed by atoms with Crippen LogP contribution in [0.15, 0.2) is 18.2 Å². The van der Waals surface area contributed by atoms with Gasteiger partial charge in [0.1, 0.15) is 0 Å². The van der Waals surface area contributed by atoms with E-state index >= 15 is 0 Å². The molecule has 1 N–H and O–H groups in total. The van der Waals surface area contributed by atoms with Crippen molar-refractivity contribution in [2.24, 2.45) is 0 Å². The van der Waals surface area contributed by atoms with Crippen molar-refractivity contribution in [2.75, 3.05) is 38.6 Å². The molecule has 0 bridgehead atoms. The van der Waals surface area contributed by atoms with Gasteiger partial charge in [-0.25, -0.2) is 0 Å². The molecule has 0 atom stereocenters. The fourth-order valence-electron chi connectivity index (χ4n) is 2.64. The molecular formula is C15H24ClN3. The van der Waals surface area contributed by atoms with E-state index in [2.05, 4.69) is 48.1 Å². The molecule has 1 heterocycles. The topological polar surface area (TPSA) is 18.5 Å². The molecule has 1 fully saturated rings. The molecule has 0 spiro atoms. The molecule has 0 radical (unpaired) electrons. The van der Waals surface area contributed by atoms with Crippen LogP contribution in [-0.2, 0) is 6.54 Å². The number of hydrogen-bond acceptors (Lipinski definition) is 3. The van der Waals surface area contributed by atoms with Gasteiger partial charge in [0.2, 0.25) is 0 Å².